The van der Waals surface area contributed by atoms with E-state index >= 15 is 0 Å². The van der Waals surface area contributed by atoms with Crippen molar-refractivity contribution >= 4 is 0 Å². The van der Waals surface area contributed by atoms with E-state index < -0.39 is 0 Å². The molecule has 1 N–H and O–H groups in total. The van der Waals surface area contributed by atoms with E-state index in [1.54, 1.807) is 0 Å². The van der Waals surface area contributed by atoms with Crippen LogP contribution >= 0.6 is 0 Å². The van der Waals surface area contributed by atoms with Gasteiger partial charge in [0.1, 0.15) is 0 Å². The normalized spacial score (nSPS) is 16.2. The van der Waals surface area contributed by atoms with E-state index in [1.165, 1.54) is 0 Å². The van der Waals surface area contributed by atoms with Gasteiger partial charge in [-0.15, -0.1) is 0 Å². The largest absolute Gasteiger partial charge is 1.00 e. The average Bonchev–Trinajstić information content (AvgIpc) is 1.93. The number of hydrogen-bond donors (Lipinski definition) is 1. The van der Waals surface area contributed by atoms with Crippen molar-refractivity contribution in [1.82, 2.24) is 5.32 Å². The molecule has 0 radical (unpaired) electrons. The molecule has 1 rings (SSSR count). The summed E-state index contributed by atoms with van der Waals surface area (Å²) in [7, 11) is 0. The van der Waals surface area contributed by atoms with Crippen molar-refractivity contribution in [2.75, 3.05) is 26.3 Å². The number of nitrogens with one attached hydrogen (secondary N) is 1. The summed E-state index contributed by atoms with van der Waals surface area (Å²) in [4.78, 5) is 0. The van der Waals surface area contributed by atoms with E-state index in [0.717, 1.165) is 32.7 Å². The summed E-state index contributed by atoms with van der Waals surface area (Å²) in [6.45, 7) is 9.33. The van der Waals surface area contributed by atoms with Crippen molar-refractivity contribution in [2.24, 2.45) is 0 Å². The zero-order chi connectivity index (χ0) is 6.95. The van der Waals surface area contributed by atoms with E-state index in [0.29, 0.717) is 0 Å². The zero-order valence-electron chi connectivity index (χ0n) is 7.15. The monoisotopic (exact) mass is 137 g/mol. The van der Waals surface area contributed by atoms with Gasteiger partial charge in [-0.1, -0.05) is 6.92 Å². The standard InChI is InChI=1S/C4H9NO.C3H7.Li/c1-3-6-4-2-5-1;1-3-2;/h5H,1-4H2;1,3H2,2H3;/q;-1;+1. The fourth-order valence-corrected chi connectivity index (χ4v) is 0.516. The maximum atomic E-state index is 5.01. The van der Waals surface area contributed by atoms with Crippen LogP contribution in [0.25, 0.3) is 0 Å². The van der Waals surface area contributed by atoms with Gasteiger partial charge >= 0.3 is 18.9 Å². The summed E-state index contributed by atoms with van der Waals surface area (Å²) in [6, 6.07) is 0. The second-order valence-corrected chi connectivity index (χ2v) is 1.86. The van der Waals surface area contributed by atoms with E-state index in [4.69, 9.17) is 4.74 Å². The minimum absolute atomic E-state index is 0. The summed E-state index contributed by atoms with van der Waals surface area (Å²) in [6.07, 6.45) is 1.00. The number of morpholine rings is 1. The molecule has 3 heteroatoms. The molecular weight excluding hydrogens is 121 g/mol. The Morgan fingerprint density at radius 3 is 1.90 bits per heavy atom. The van der Waals surface area contributed by atoms with E-state index in [9.17, 15) is 0 Å². The quantitative estimate of drug-likeness (QED) is 0.303. The Bertz CT molecular complexity index is 37.4. The maximum absolute atomic E-state index is 5.01. The number of ether oxygens (including phenoxy) is 1. The van der Waals surface area contributed by atoms with Crippen LogP contribution in [0.3, 0.4) is 0 Å². The smallest absolute Gasteiger partial charge is 0.379 e. The van der Waals surface area contributed by atoms with Gasteiger partial charge in [-0.2, -0.15) is 6.42 Å². The molecule has 0 aromatic rings. The minimum Gasteiger partial charge on any atom is -0.379 e. The second-order valence-electron chi connectivity index (χ2n) is 1.86. The molecule has 0 amide bonds. The van der Waals surface area contributed by atoms with Crippen molar-refractivity contribution in [3.8, 4) is 0 Å². The Hall–Kier alpha value is 0.517. The molecule has 10 heavy (non-hydrogen) atoms. The zero-order valence-corrected chi connectivity index (χ0v) is 7.15. The fraction of sp³-hybridized carbons (Fsp3) is 0.857. The average molecular weight is 137 g/mol. The van der Waals surface area contributed by atoms with Crippen LogP contribution in [0.15, 0.2) is 0 Å². The van der Waals surface area contributed by atoms with Gasteiger partial charge < -0.3 is 17.0 Å². The SMILES string of the molecule is C1COCCN1.[CH2-]CC.[Li+]. The van der Waals surface area contributed by atoms with Crippen LogP contribution in [-0.2, 0) is 4.74 Å². The van der Waals surface area contributed by atoms with Crippen molar-refractivity contribution < 1.29 is 23.6 Å². The van der Waals surface area contributed by atoms with Gasteiger partial charge in [0, 0.05) is 13.1 Å². The second kappa shape index (κ2) is 12.2. The third-order valence-corrected chi connectivity index (χ3v) is 0.846. The summed E-state index contributed by atoms with van der Waals surface area (Å²) >= 11 is 0. The Morgan fingerprint density at radius 1 is 1.40 bits per heavy atom. The van der Waals surface area contributed by atoms with Crippen molar-refractivity contribution in [3.05, 3.63) is 6.92 Å². The predicted octanol–water partition coefficient (Wildman–Crippen LogP) is -2.16. The first-order valence-corrected chi connectivity index (χ1v) is 3.49. The van der Waals surface area contributed by atoms with Crippen LogP contribution in [0.2, 0.25) is 0 Å². The summed E-state index contributed by atoms with van der Waals surface area (Å²) < 4.78 is 5.01. The molecule has 56 valence electrons. The Morgan fingerprint density at radius 2 is 1.80 bits per heavy atom. The van der Waals surface area contributed by atoms with Crippen molar-refractivity contribution in [2.45, 2.75) is 13.3 Å². The molecule has 0 unspecified atom stereocenters. The minimum atomic E-state index is 0. The van der Waals surface area contributed by atoms with Gasteiger partial charge in [-0.05, 0) is 0 Å². The molecule has 2 nitrogen and oxygen atoms in total. The Labute approximate surface area is 75.9 Å². The first-order chi connectivity index (χ1) is 4.41. The number of hydrogen-bond acceptors (Lipinski definition) is 2. The van der Waals surface area contributed by atoms with E-state index in [1.807, 2.05) is 6.92 Å². The third-order valence-electron chi connectivity index (χ3n) is 0.846. The molecule has 0 spiro atoms. The van der Waals surface area contributed by atoms with Crippen LogP contribution in [0.1, 0.15) is 13.3 Å². The van der Waals surface area contributed by atoms with Gasteiger partial charge in [-0.25, -0.2) is 0 Å². The van der Waals surface area contributed by atoms with E-state index in [2.05, 4.69) is 12.2 Å². The van der Waals surface area contributed by atoms with Gasteiger partial charge in [0.05, 0.1) is 13.2 Å². The number of rotatable bonds is 0. The molecule has 0 atom stereocenters. The Balaban J connectivity index is 0. The van der Waals surface area contributed by atoms with Crippen molar-refractivity contribution in [1.29, 1.82) is 0 Å². The van der Waals surface area contributed by atoms with Gasteiger partial charge in [-0.3, -0.25) is 0 Å². The molecule has 1 saturated heterocycles. The summed E-state index contributed by atoms with van der Waals surface area (Å²) in [5.41, 5.74) is 0. The molecule has 0 bridgehead atoms. The first-order valence-electron chi connectivity index (χ1n) is 3.49. The summed E-state index contributed by atoms with van der Waals surface area (Å²) in [5.74, 6) is 0. The van der Waals surface area contributed by atoms with Crippen molar-refractivity contribution in [3.63, 3.8) is 0 Å². The molecule has 0 aromatic heterocycles. The van der Waals surface area contributed by atoms with E-state index in [-0.39, 0.29) is 18.9 Å². The fourth-order valence-electron chi connectivity index (χ4n) is 0.516. The first kappa shape index (κ1) is 13.1. The van der Waals surface area contributed by atoms with Crippen LogP contribution in [-0.4, -0.2) is 26.3 Å². The molecule has 1 aliphatic heterocycles. The van der Waals surface area contributed by atoms with Gasteiger partial charge in [0.25, 0.3) is 0 Å². The van der Waals surface area contributed by atoms with Crippen LogP contribution in [0.5, 0.6) is 0 Å². The van der Waals surface area contributed by atoms with Gasteiger partial charge in [0.2, 0.25) is 0 Å². The molecule has 0 aromatic carbocycles. The van der Waals surface area contributed by atoms with Crippen LogP contribution in [0.4, 0.5) is 0 Å². The Kier molecular flexibility index (Phi) is 16.0. The topological polar surface area (TPSA) is 21.3 Å². The summed E-state index contributed by atoms with van der Waals surface area (Å²) in [5, 5.41) is 3.16. The third kappa shape index (κ3) is 11.3. The molecule has 1 aliphatic rings. The molecular formula is C7H16LiNO. The molecule has 1 heterocycles. The van der Waals surface area contributed by atoms with Gasteiger partial charge in [0.15, 0.2) is 0 Å². The molecule has 0 aliphatic carbocycles. The van der Waals surface area contributed by atoms with Crippen LogP contribution in [0, 0.1) is 6.92 Å². The predicted molar refractivity (Wildman–Crippen MR) is 39.3 cm³/mol. The molecule has 1 fully saturated rings. The molecule has 0 saturated carbocycles. The van der Waals surface area contributed by atoms with Crippen LogP contribution < -0.4 is 24.2 Å². The maximum Gasteiger partial charge on any atom is 1.00 e.